The Morgan fingerprint density at radius 3 is 2.22 bits per heavy atom. The summed E-state index contributed by atoms with van der Waals surface area (Å²) in [7, 11) is 0. The predicted molar refractivity (Wildman–Crippen MR) is 36.2 cm³/mol. The minimum atomic E-state index is 0.648. The molecule has 2 bridgehead atoms. The third-order valence-electron chi connectivity index (χ3n) is 2.73. The first-order valence-electron chi connectivity index (χ1n) is 3.93. The van der Waals surface area contributed by atoms with Gasteiger partial charge in [-0.25, -0.2) is 0 Å². The van der Waals surface area contributed by atoms with Gasteiger partial charge in [0.15, 0.2) is 0 Å². The minimum Gasteiger partial charge on any atom is -0.374 e. The zero-order valence-corrected chi connectivity index (χ0v) is 6.13. The van der Waals surface area contributed by atoms with E-state index in [1.54, 1.807) is 0 Å². The second kappa shape index (κ2) is 1.72. The van der Waals surface area contributed by atoms with Crippen molar-refractivity contribution in [1.82, 2.24) is 0 Å². The molecular weight excluding hydrogens is 112 g/mol. The molecule has 3 unspecified atom stereocenters. The van der Waals surface area contributed by atoms with Crippen LogP contribution < -0.4 is 0 Å². The highest BCUT2D eigenvalue weighted by Crippen LogP contribution is 2.44. The van der Waals surface area contributed by atoms with Crippen LogP contribution in [0.2, 0.25) is 0 Å². The molecule has 0 aromatic rings. The van der Waals surface area contributed by atoms with Crippen LogP contribution in [0.4, 0.5) is 0 Å². The minimum absolute atomic E-state index is 0.648. The number of ether oxygens (including phenoxy) is 1. The number of fused-ring (bicyclic) bond motifs is 1. The Morgan fingerprint density at radius 2 is 2.00 bits per heavy atom. The molecule has 0 spiro atoms. The SMILES string of the molecule is CC(C)C1CC2CC1O2. The van der Waals surface area contributed by atoms with Crippen LogP contribution in [0.25, 0.3) is 0 Å². The van der Waals surface area contributed by atoms with Crippen LogP contribution in [0.3, 0.4) is 0 Å². The maximum absolute atomic E-state index is 5.52. The molecule has 1 aliphatic carbocycles. The molecule has 52 valence electrons. The normalized spacial score (nSPS) is 47.7. The van der Waals surface area contributed by atoms with E-state index < -0.39 is 0 Å². The van der Waals surface area contributed by atoms with E-state index in [2.05, 4.69) is 13.8 Å². The largest absolute Gasteiger partial charge is 0.374 e. The zero-order valence-electron chi connectivity index (χ0n) is 6.13. The van der Waals surface area contributed by atoms with Crippen LogP contribution in [-0.2, 0) is 4.74 Å². The molecule has 0 radical (unpaired) electrons. The molecule has 1 heteroatoms. The van der Waals surface area contributed by atoms with E-state index in [-0.39, 0.29) is 0 Å². The molecule has 3 atom stereocenters. The maximum Gasteiger partial charge on any atom is 0.0635 e. The van der Waals surface area contributed by atoms with Crippen LogP contribution in [-0.4, -0.2) is 12.2 Å². The average molecular weight is 126 g/mol. The molecule has 3 fully saturated rings. The van der Waals surface area contributed by atoms with Crippen molar-refractivity contribution >= 4 is 0 Å². The van der Waals surface area contributed by atoms with Gasteiger partial charge in [-0.1, -0.05) is 13.8 Å². The van der Waals surface area contributed by atoms with Crippen LogP contribution >= 0.6 is 0 Å². The van der Waals surface area contributed by atoms with Crippen molar-refractivity contribution in [3.8, 4) is 0 Å². The molecule has 9 heavy (non-hydrogen) atoms. The summed E-state index contributed by atoms with van der Waals surface area (Å²) in [6, 6.07) is 0. The zero-order chi connectivity index (χ0) is 6.43. The Labute approximate surface area is 56.4 Å². The van der Waals surface area contributed by atoms with Crippen molar-refractivity contribution in [3.63, 3.8) is 0 Å². The molecule has 0 N–H and O–H groups in total. The number of hydrogen-bond donors (Lipinski definition) is 0. The van der Waals surface area contributed by atoms with Crippen molar-refractivity contribution in [2.45, 2.75) is 38.9 Å². The monoisotopic (exact) mass is 126 g/mol. The number of hydrogen-bond acceptors (Lipinski definition) is 1. The highest BCUT2D eigenvalue weighted by Gasteiger charge is 2.46. The maximum atomic E-state index is 5.52. The Hall–Kier alpha value is -0.0400. The van der Waals surface area contributed by atoms with E-state index in [1.165, 1.54) is 12.8 Å². The van der Waals surface area contributed by atoms with Gasteiger partial charge in [-0.2, -0.15) is 0 Å². The first-order chi connectivity index (χ1) is 4.27. The summed E-state index contributed by atoms with van der Waals surface area (Å²) in [5, 5.41) is 0. The molecule has 1 nitrogen and oxygen atoms in total. The van der Waals surface area contributed by atoms with Gasteiger partial charge in [-0.15, -0.1) is 0 Å². The molecule has 2 aliphatic heterocycles. The highest BCUT2D eigenvalue weighted by atomic mass is 16.5. The molecule has 2 heterocycles. The first-order valence-corrected chi connectivity index (χ1v) is 3.93. The van der Waals surface area contributed by atoms with Gasteiger partial charge in [-0.3, -0.25) is 0 Å². The average Bonchev–Trinajstić information content (AvgIpc) is 2.12. The summed E-state index contributed by atoms with van der Waals surface area (Å²) >= 11 is 0. The van der Waals surface area contributed by atoms with Gasteiger partial charge in [0.2, 0.25) is 0 Å². The van der Waals surface area contributed by atoms with Gasteiger partial charge in [0.05, 0.1) is 12.2 Å². The summed E-state index contributed by atoms with van der Waals surface area (Å²) in [5.74, 6) is 1.72. The van der Waals surface area contributed by atoms with Gasteiger partial charge in [0.1, 0.15) is 0 Å². The van der Waals surface area contributed by atoms with E-state index in [0.717, 1.165) is 11.8 Å². The van der Waals surface area contributed by atoms with Crippen LogP contribution in [0.15, 0.2) is 0 Å². The lowest BCUT2D eigenvalue weighted by atomic mass is 9.93. The molecule has 0 aromatic heterocycles. The van der Waals surface area contributed by atoms with E-state index in [9.17, 15) is 0 Å². The van der Waals surface area contributed by atoms with Crippen molar-refractivity contribution in [3.05, 3.63) is 0 Å². The molecule has 3 rings (SSSR count). The Kier molecular flexibility index (Phi) is 1.10. The summed E-state index contributed by atoms with van der Waals surface area (Å²) in [5.41, 5.74) is 0. The van der Waals surface area contributed by atoms with E-state index in [4.69, 9.17) is 4.74 Å². The fraction of sp³-hybridized carbons (Fsp3) is 1.00. The molecule has 3 aliphatic rings. The molecule has 2 saturated heterocycles. The summed E-state index contributed by atoms with van der Waals surface area (Å²) in [6.07, 6.45) is 3.99. The fourth-order valence-electron chi connectivity index (χ4n) is 2.08. The van der Waals surface area contributed by atoms with Crippen molar-refractivity contribution in [2.24, 2.45) is 11.8 Å². The van der Waals surface area contributed by atoms with Crippen molar-refractivity contribution in [1.29, 1.82) is 0 Å². The van der Waals surface area contributed by atoms with Crippen LogP contribution in [0.1, 0.15) is 26.7 Å². The van der Waals surface area contributed by atoms with Gasteiger partial charge < -0.3 is 4.74 Å². The summed E-state index contributed by atoms with van der Waals surface area (Å²) in [4.78, 5) is 0. The Balaban J connectivity index is 2.00. The molecule has 0 aromatic carbocycles. The molecule has 1 saturated carbocycles. The third-order valence-corrected chi connectivity index (χ3v) is 2.73. The lowest BCUT2D eigenvalue weighted by Gasteiger charge is -2.27. The second-order valence-electron chi connectivity index (χ2n) is 3.68. The van der Waals surface area contributed by atoms with Crippen LogP contribution in [0, 0.1) is 11.8 Å². The van der Waals surface area contributed by atoms with Gasteiger partial charge in [0, 0.05) is 6.42 Å². The lowest BCUT2D eigenvalue weighted by molar-refractivity contribution is -0.0782. The summed E-state index contributed by atoms with van der Waals surface area (Å²) in [6.45, 7) is 4.60. The highest BCUT2D eigenvalue weighted by molar-refractivity contribution is 4.94. The molecular formula is C8H14O. The van der Waals surface area contributed by atoms with E-state index in [0.29, 0.717) is 12.2 Å². The lowest BCUT2D eigenvalue weighted by Crippen LogP contribution is -2.29. The van der Waals surface area contributed by atoms with E-state index in [1.807, 2.05) is 0 Å². The van der Waals surface area contributed by atoms with Gasteiger partial charge in [0.25, 0.3) is 0 Å². The smallest absolute Gasteiger partial charge is 0.0635 e. The standard InChI is InChI=1S/C8H14O/c1-5(2)7-3-6-4-8(7)9-6/h5-8H,3-4H2,1-2H3. The van der Waals surface area contributed by atoms with Crippen molar-refractivity contribution in [2.75, 3.05) is 0 Å². The number of rotatable bonds is 1. The van der Waals surface area contributed by atoms with Crippen molar-refractivity contribution < 1.29 is 4.74 Å². The topological polar surface area (TPSA) is 9.23 Å². The fourth-order valence-corrected chi connectivity index (χ4v) is 2.08. The van der Waals surface area contributed by atoms with E-state index >= 15 is 0 Å². The summed E-state index contributed by atoms with van der Waals surface area (Å²) < 4.78 is 5.52. The third kappa shape index (κ3) is 0.710. The van der Waals surface area contributed by atoms with Gasteiger partial charge >= 0.3 is 0 Å². The second-order valence-corrected chi connectivity index (χ2v) is 3.68. The Bertz CT molecular complexity index is 114. The quantitative estimate of drug-likeness (QED) is 0.520. The first kappa shape index (κ1) is 5.72. The predicted octanol–water partition coefficient (Wildman–Crippen LogP) is 1.82. The van der Waals surface area contributed by atoms with Gasteiger partial charge in [-0.05, 0) is 18.3 Å². The Morgan fingerprint density at radius 1 is 1.33 bits per heavy atom. The van der Waals surface area contributed by atoms with Crippen LogP contribution in [0.5, 0.6) is 0 Å². The molecule has 0 amide bonds.